The molecule has 1 heterocycles. The monoisotopic (exact) mass is 177 g/mol. The van der Waals surface area contributed by atoms with E-state index in [1.54, 1.807) is 0 Å². The number of rotatable bonds is 5. The minimum atomic E-state index is 0.545. The molecule has 70 valence electrons. The van der Waals surface area contributed by atoms with Crippen LogP contribution in [0, 0.1) is 0 Å². The molecule has 1 fully saturated rings. The van der Waals surface area contributed by atoms with Crippen LogP contribution in [0.3, 0.4) is 0 Å². The first kappa shape index (κ1) is 8.73. The maximum absolute atomic E-state index is 5.12. The second kappa shape index (κ2) is 4.40. The predicted molar refractivity (Wildman–Crippen MR) is 52.5 cm³/mol. The van der Waals surface area contributed by atoms with Crippen molar-refractivity contribution in [3.63, 3.8) is 0 Å². The number of ether oxygens (including phenoxy) is 1. The van der Waals surface area contributed by atoms with Crippen molar-refractivity contribution in [2.24, 2.45) is 0 Å². The van der Waals surface area contributed by atoms with E-state index in [2.05, 4.69) is 29.6 Å². The van der Waals surface area contributed by atoms with Crippen molar-refractivity contribution in [3.05, 3.63) is 35.9 Å². The summed E-state index contributed by atoms with van der Waals surface area (Å²) in [5.74, 6) is 0. The third-order valence-electron chi connectivity index (χ3n) is 2.22. The average molecular weight is 177 g/mol. The van der Waals surface area contributed by atoms with Gasteiger partial charge in [-0.05, 0) is 18.5 Å². The number of benzene rings is 1. The van der Waals surface area contributed by atoms with E-state index in [0.717, 1.165) is 26.1 Å². The highest BCUT2D eigenvalue weighted by molar-refractivity contribution is 5.14. The summed E-state index contributed by atoms with van der Waals surface area (Å²) in [7, 11) is 0. The predicted octanol–water partition coefficient (Wildman–Crippen LogP) is 1.57. The van der Waals surface area contributed by atoms with Gasteiger partial charge in [-0.2, -0.15) is 0 Å². The van der Waals surface area contributed by atoms with Gasteiger partial charge in [0.25, 0.3) is 0 Å². The molecule has 1 aliphatic rings. The molecule has 0 bridgehead atoms. The highest BCUT2D eigenvalue weighted by Crippen LogP contribution is 2.11. The standard InChI is InChI=1S/C11H15NO/c1-2-4-10(5-3-1)8-12-7-6-11-9-13-11/h1-5,11-12H,6-9H2. The second-order valence-electron chi connectivity index (χ2n) is 3.41. The molecule has 2 rings (SSSR count). The molecule has 0 saturated carbocycles. The van der Waals surface area contributed by atoms with Gasteiger partial charge in [-0.1, -0.05) is 30.3 Å². The van der Waals surface area contributed by atoms with Gasteiger partial charge >= 0.3 is 0 Å². The molecule has 1 aromatic carbocycles. The van der Waals surface area contributed by atoms with Crippen molar-refractivity contribution in [3.8, 4) is 0 Å². The third kappa shape index (κ3) is 3.17. The minimum Gasteiger partial charge on any atom is -0.373 e. The lowest BCUT2D eigenvalue weighted by Gasteiger charge is -2.02. The van der Waals surface area contributed by atoms with Crippen LogP contribution >= 0.6 is 0 Å². The molecule has 0 radical (unpaired) electrons. The summed E-state index contributed by atoms with van der Waals surface area (Å²) in [5, 5.41) is 3.39. The number of nitrogens with one attached hydrogen (secondary N) is 1. The van der Waals surface area contributed by atoms with Crippen LogP contribution in [0.5, 0.6) is 0 Å². The normalized spacial score (nSPS) is 20.2. The van der Waals surface area contributed by atoms with E-state index in [1.807, 2.05) is 6.07 Å². The summed E-state index contributed by atoms with van der Waals surface area (Å²) in [6.45, 7) is 2.99. The van der Waals surface area contributed by atoms with Crippen LogP contribution in [0.15, 0.2) is 30.3 Å². The van der Waals surface area contributed by atoms with Crippen LogP contribution in [-0.4, -0.2) is 19.3 Å². The van der Waals surface area contributed by atoms with Gasteiger partial charge in [0, 0.05) is 6.54 Å². The zero-order valence-electron chi connectivity index (χ0n) is 7.70. The Morgan fingerprint density at radius 3 is 2.77 bits per heavy atom. The average Bonchev–Trinajstić information content (AvgIpc) is 2.98. The van der Waals surface area contributed by atoms with Gasteiger partial charge in [0.15, 0.2) is 0 Å². The fourth-order valence-corrected chi connectivity index (χ4v) is 1.33. The van der Waals surface area contributed by atoms with Gasteiger partial charge in [-0.25, -0.2) is 0 Å². The molecule has 0 aliphatic carbocycles. The first-order valence-corrected chi connectivity index (χ1v) is 4.81. The van der Waals surface area contributed by atoms with Crippen molar-refractivity contribution in [1.29, 1.82) is 0 Å². The Balaban J connectivity index is 1.61. The van der Waals surface area contributed by atoms with E-state index in [0.29, 0.717) is 6.10 Å². The van der Waals surface area contributed by atoms with Gasteiger partial charge < -0.3 is 10.1 Å². The Morgan fingerprint density at radius 1 is 1.31 bits per heavy atom. The molecule has 1 N–H and O–H groups in total. The van der Waals surface area contributed by atoms with Crippen LogP contribution in [-0.2, 0) is 11.3 Å². The van der Waals surface area contributed by atoms with Crippen LogP contribution in [0.1, 0.15) is 12.0 Å². The van der Waals surface area contributed by atoms with Gasteiger partial charge in [0.1, 0.15) is 0 Å². The van der Waals surface area contributed by atoms with Crippen LogP contribution in [0.25, 0.3) is 0 Å². The summed E-state index contributed by atoms with van der Waals surface area (Å²) in [6.07, 6.45) is 1.69. The van der Waals surface area contributed by atoms with E-state index in [9.17, 15) is 0 Å². The molecule has 0 amide bonds. The van der Waals surface area contributed by atoms with Crippen molar-refractivity contribution >= 4 is 0 Å². The van der Waals surface area contributed by atoms with Crippen molar-refractivity contribution in [2.45, 2.75) is 19.1 Å². The van der Waals surface area contributed by atoms with E-state index < -0.39 is 0 Å². The largest absolute Gasteiger partial charge is 0.373 e. The molecule has 2 nitrogen and oxygen atoms in total. The van der Waals surface area contributed by atoms with E-state index in [4.69, 9.17) is 4.74 Å². The lowest BCUT2D eigenvalue weighted by Crippen LogP contribution is -2.16. The number of hydrogen-bond acceptors (Lipinski definition) is 2. The molecule has 13 heavy (non-hydrogen) atoms. The summed E-state index contributed by atoms with van der Waals surface area (Å²) < 4.78 is 5.12. The summed E-state index contributed by atoms with van der Waals surface area (Å²) in [6, 6.07) is 10.5. The second-order valence-corrected chi connectivity index (χ2v) is 3.41. The molecule has 0 spiro atoms. The molecule has 1 aromatic rings. The van der Waals surface area contributed by atoms with Gasteiger partial charge in [-0.15, -0.1) is 0 Å². The lowest BCUT2D eigenvalue weighted by molar-refractivity contribution is 0.392. The van der Waals surface area contributed by atoms with E-state index >= 15 is 0 Å². The Hall–Kier alpha value is -0.860. The molecular weight excluding hydrogens is 162 g/mol. The molecule has 1 atom stereocenters. The smallest absolute Gasteiger partial charge is 0.0822 e. The van der Waals surface area contributed by atoms with Gasteiger partial charge in [0.05, 0.1) is 12.7 Å². The summed E-state index contributed by atoms with van der Waals surface area (Å²) >= 11 is 0. The Labute approximate surface area is 78.9 Å². The van der Waals surface area contributed by atoms with Gasteiger partial charge in [-0.3, -0.25) is 0 Å². The zero-order valence-corrected chi connectivity index (χ0v) is 7.70. The Morgan fingerprint density at radius 2 is 2.08 bits per heavy atom. The molecule has 1 saturated heterocycles. The van der Waals surface area contributed by atoms with Crippen LogP contribution < -0.4 is 5.32 Å². The molecular formula is C11H15NO. The maximum Gasteiger partial charge on any atom is 0.0822 e. The molecule has 1 unspecified atom stereocenters. The zero-order chi connectivity index (χ0) is 8.93. The first-order valence-electron chi connectivity index (χ1n) is 4.81. The first-order chi connectivity index (χ1) is 6.45. The molecule has 0 aromatic heterocycles. The molecule has 1 aliphatic heterocycles. The van der Waals surface area contributed by atoms with E-state index in [-0.39, 0.29) is 0 Å². The molecule has 2 heteroatoms. The van der Waals surface area contributed by atoms with Gasteiger partial charge in [0.2, 0.25) is 0 Å². The fourth-order valence-electron chi connectivity index (χ4n) is 1.33. The number of epoxide rings is 1. The van der Waals surface area contributed by atoms with Crippen LogP contribution in [0.4, 0.5) is 0 Å². The highest BCUT2D eigenvalue weighted by atomic mass is 16.6. The summed E-state index contributed by atoms with van der Waals surface area (Å²) in [5.41, 5.74) is 1.35. The number of hydrogen-bond donors (Lipinski definition) is 1. The summed E-state index contributed by atoms with van der Waals surface area (Å²) in [4.78, 5) is 0. The highest BCUT2D eigenvalue weighted by Gasteiger charge is 2.20. The third-order valence-corrected chi connectivity index (χ3v) is 2.22. The Bertz CT molecular complexity index is 244. The Kier molecular flexibility index (Phi) is 2.95. The van der Waals surface area contributed by atoms with E-state index in [1.165, 1.54) is 5.56 Å². The SMILES string of the molecule is c1ccc(CNCCC2CO2)cc1. The van der Waals surface area contributed by atoms with Crippen molar-refractivity contribution < 1.29 is 4.74 Å². The topological polar surface area (TPSA) is 24.6 Å². The van der Waals surface area contributed by atoms with Crippen molar-refractivity contribution in [2.75, 3.05) is 13.2 Å². The fraction of sp³-hybridized carbons (Fsp3) is 0.455. The van der Waals surface area contributed by atoms with Crippen LogP contribution in [0.2, 0.25) is 0 Å². The maximum atomic E-state index is 5.12. The lowest BCUT2D eigenvalue weighted by atomic mass is 10.2. The van der Waals surface area contributed by atoms with Crippen molar-refractivity contribution in [1.82, 2.24) is 5.32 Å². The quantitative estimate of drug-likeness (QED) is 0.545. The minimum absolute atomic E-state index is 0.545.